The molecule has 0 spiro atoms. The van der Waals surface area contributed by atoms with Crippen molar-refractivity contribution in [3.05, 3.63) is 48.5 Å². The molecular formula is C24H27F3N4O4. The second-order valence-electron chi connectivity index (χ2n) is 7.91. The maximum Gasteiger partial charge on any atom is 0.573 e. The van der Waals surface area contributed by atoms with Gasteiger partial charge in [-0.15, -0.1) is 13.2 Å². The Morgan fingerprint density at radius 1 is 0.971 bits per heavy atom. The molecule has 1 heterocycles. The van der Waals surface area contributed by atoms with Crippen LogP contribution in [0.1, 0.15) is 13.8 Å². The van der Waals surface area contributed by atoms with Gasteiger partial charge in [0.15, 0.2) is 0 Å². The molecule has 1 atom stereocenters. The van der Waals surface area contributed by atoms with E-state index in [1.54, 1.807) is 37.4 Å². The van der Waals surface area contributed by atoms with E-state index in [9.17, 15) is 18.3 Å². The fourth-order valence-corrected chi connectivity index (χ4v) is 3.20. The number of benzene rings is 2. The summed E-state index contributed by atoms with van der Waals surface area (Å²) in [6, 6.07) is 11.9. The van der Waals surface area contributed by atoms with Crippen LogP contribution in [0.3, 0.4) is 0 Å². The number of aliphatic hydroxyl groups is 1. The molecule has 3 aromatic rings. The fraction of sp³-hybridized carbons (Fsp3) is 0.333. The molecule has 0 saturated carbocycles. The zero-order valence-corrected chi connectivity index (χ0v) is 19.7. The molecular weight excluding hydrogens is 465 g/mol. The Bertz CT molecular complexity index is 1140. The van der Waals surface area contributed by atoms with Crippen molar-refractivity contribution in [1.29, 1.82) is 0 Å². The van der Waals surface area contributed by atoms with E-state index in [4.69, 9.17) is 9.47 Å². The van der Waals surface area contributed by atoms with E-state index in [0.29, 0.717) is 34.3 Å². The summed E-state index contributed by atoms with van der Waals surface area (Å²) in [6.45, 7) is 3.70. The summed E-state index contributed by atoms with van der Waals surface area (Å²) in [5, 5.41) is 16.0. The van der Waals surface area contributed by atoms with Crippen molar-refractivity contribution in [3.63, 3.8) is 0 Å². The first-order valence-electron chi connectivity index (χ1n) is 10.7. The second-order valence-corrected chi connectivity index (χ2v) is 7.91. The smallest absolute Gasteiger partial charge is 0.497 e. The zero-order valence-electron chi connectivity index (χ0n) is 19.7. The highest BCUT2D eigenvalue weighted by Gasteiger charge is 2.31. The van der Waals surface area contributed by atoms with Crippen LogP contribution in [0.15, 0.2) is 48.5 Å². The molecule has 0 aliphatic rings. The third kappa shape index (κ3) is 7.12. The highest BCUT2D eigenvalue weighted by atomic mass is 19.4. The van der Waals surface area contributed by atoms with Gasteiger partial charge in [-0.05, 0) is 30.2 Å². The summed E-state index contributed by atoms with van der Waals surface area (Å²) in [7, 11) is 3.05. The minimum absolute atomic E-state index is 0.0638. The van der Waals surface area contributed by atoms with Crippen molar-refractivity contribution in [3.8, 4) is 28.5 Å². The molecule has 11 heteroatoms. The van der Waals surface area contributed by atoms with Crippen LogP contribution in [-0.2, 0) is 0 Å². The third-order valence-corrected chi connectivity index (χ3v) is 5.08. The Kier molecular flexibility index (Phi) is 8.23. The van der Waals surface area contributed by atoms with Gasteiger partial charge < -0.3 is 30.0 Å². The lowest BCUT2D eigenvalue weighted by atomic mass is 10.1. The number of nitrogens with one attached hydrogen (secondary N) is 2. The quantitative estimate of drug-likeness (QED) is 0.354. The lowest BCUT2D eigenvalue weighted by molar-refractivity contribution is -0.274. The van der Waals surface area contributed by atoms with Crippen LogP contribution in [-0.4, -0.2) is 48.3 Å². The number of ether oxygens (including phenoxy) is 3. The van der Waals surface area contributed by atoms with E-state index in [2.05, 4.69) is 25.3 Å². The van der Waals surface area contributed by atoms with Gasteiger partial charge in [0, 0.05) is 17.7 Å². The molecule has 0 radical (unpaired) electrons. The van der Waals surface area contributed by atoms with Crippen molar-refractivity contribution in [2.75, 3.05) is 31.5 Å². The molecule has 0 amide bonds. The van der Waals surface area contributed by atoms with Crippen LogP contribution < -0.4 is 24.8 Å². The molecule has 1 aromatic heterocycles. The summed E-state index contributed by atoms with van der Waals surface area (Å²) >= 11 is 0. The van der Waals surface area contributed by atoms with Crippen molar-refractivity contribution in [1.82, 2.24) is 9.97 Å². The predicted octanol–water partition coefficient (Wildman–Crippen LogP) is 5.23. The zero-order chi connectivity index (χ0) is 25.6. The van der Waals surface area contributed by atoms with Gasteiger partial charge in [0.25, 0.3) is 0 Å². The monoisotopic (exact) mass is 492 g/mol. The normalized spacial score (nSPS) is 12.3. The van der Waals surface area contributed by atoms with Crippen LogP contribution in [0, 0.1) is 5.92 Å². The van der Waals surface area contributed by atoms with Crippen LogP contribution >= 0.6 is 0 Å². The molecule has 3 rings (SSSR count). The molecule has 0 unspecified atom stereocenters. The lowest BCUT2D eigenvalue weighted by Crippen LogP contribution is -2.30. The summed E-state index contributed by atoms with van der Waals surface area (Å²) in [6.07, 6.45) is -4.82. The highest BCUT2D eigenvalue weighted by Crippen LogP contribution is 2.33. The van der Waals surface area contributed by atoms with E-state index >= 15 is 0 Å². The molecule has 0 aliphatic carbocycles. The van der Waals surface area contributed by atoms with Gasteiger partial charge in [0.05, 0.1) is 38.2 Å². The first-order chi connectivity index (χ1) is 16.6. The third-order valence-electron chi connectivity index (χ3n) is 5.08. The topological polar surface area (TPSA) is 97.8 Å². The molecule has 0 bridgehead atoms. The second kappa shape index (κ2) is 11.1. The maximum absolute atomic E-state index is 12.7. The van der Waals surface area contributed by atoms with Gasteiger partial charge in [-0.3, -0.25) is 0 Å². The van der Waals surface area contributed by atoms with Crippen LogP contribution in [0.4, 0.5) is 30.6 Å². The van der Waals surface area contributed by atoms with Crippen molar-refractivity contribution in [2.24, 2.45) is 5.92 Å². The highest BCUT2D eigenvalue weighted by molar-refractivity contribution is 5.71. The van der Waals surface area contributed by atoms with E-state index in [1.807, 2.05) is 13.8 Å². The number of anilines is 3. The molecule has 188 valence electrons. The van der Waals surface area contributed by atoms with Crippen molar-refractivity contribution >= 4 is 17.5 Å². The Morgan fingerprint density at radius 3 is 2.37 bits per heavy atom. The lowest BCUT2D eigenvalue weighted by Gasteiger charge is -2.21. The number of hydrogen-bond donors (Lipinski definition) is 3. The molecule has 35 heavy (non-hydrogen) atoms. The summed E-state index contributed by atoms with van der Waals surface area (Å²) in [5.74, 6) is 1.33. The molecule has 0 saturated heterocycles. The van der Waals surface area contributed by atoms with E-state index in [-0.39, 0.29) is 30.3 Å². The van der Waals surface area contributed by atoms with Crippen LogP contribution in [0.25, 0.3) is 11.3 Å². The Hall–Kier alpha value is -3.73. The average Bonchev–Trinajstić information content (AvgIpc) is 2.81. The summed E-state index contributed by atoms with van der Waals surface area (Å²) in [4.78, 5) is 8.94. The van der Waals surface area contributed by atoms with Crippen molar-refractivity contribution < 1.29 is 32.5 Å². The van der Waals surface area contributed by atoms with E-state index in [1.165, 1.54) is 25.3 Å². The predicted molar refractivity (Wildman–Crippen MR) is 126 cm³/mol. The molecule has 0 aliphatic heterocycles. The van der Waals surface area contributed by atoms with Gasteiger partial charge in [-0.1, -0.05) is 26.0 Å². The Labute approximate surface area is 201 Å². The minimum Gasteiger partial charge on any atom is -0.497 e. The van der Waals surface area contributed by atoms with Crippen LogP contribution in [0.2, 0.25) is 0 Å². The number of halogens is 3. The molecule has 8 nitrogen and oxygen atoms in total. The molecule has 3 N–H and O–H groups in total. The summed E-state index contributed by atoms with van der Waals surface area (Å²) < 4.78 is 52.8. The molecule has 2 aromatic carbocycles. The van der Waals surface area contributed by atoms with Gasteiger partial charge in [-0.25, -0.2) is 4.98 Å². The van der Waals surface area contributed by atoms with Crippen LogP contribution in [0.5, 0.6) is 17.2 Å². The number of hydrogen-bond acceptors (Lipinski definition) is 8. The molecule has 0 fully saturated rings. The Balaban J connectivity index is 2.04. The van der Waals surface area contributed by atoms with Gasteiger partial charge in [0.2, 0.25) is 5.95 Å². The fourth-order valence-electron chi connectivity index (χ4n) is 3.20. The number of aliphatic hydroxyl groups excluding tert-OH is 1. The number of alkyl halides is 3. The number of methoxy groups -OCH3 is 2. The maximum atomic E-state index is 12.7. The van der Waals surface area contributed by atoms with Gasteiger partial charge in [0.1, 0.15) is 23.1 Å². The number of rotatable bonds is 10. The average molecular weight is 492 g/mol. The van der Waals surface area contributed by atoms with Crippen molar-refractivity contribution in [2.45, 2.75) is 26.3 Å². The van der Waals surface area contributed by atoms with Gasteiger partial charge in [-0.2, -0.15) is 4.98 Å². The standard InChI is InChI=1S/C24H27F3N4O4/c1-14(2)20(13-32)30-23-29-19(15-6-5-7-17(10-15)35-24(25,26)27)12-22(31-23)28-18-9-8-16(33-3)11-21(18)34-4/h5-12,14,20,32H,13H2,1-4H3,(H2,28,29,30,31)/t20-/m1/s1. The number of aromatic nitrogens is 2. The Morgan fingerprint density at radius 2 is 1.74 bits per heavy atom. The number of nitrogens with zero attached hydrogens (tertiary/aromatic N) is 2. The van der Waals surface area contributed by atoms with Gasteiger partial charge >= 0.3 is 6.36 Å². The first kappa shape index (κ1) is 25.9. The minimum atomic E-state index is -4.82. The first-order valence-corrected chi connectivity index (χ1v) is 10.7. The van der Waals surface area contributed by atoms with E-state index < -0.39 is 6.36 Å². The van der Waals surface area contributed by atoms with E-state index in [0.717, 1.165) is 0 Å². The largest absolute Gasteiger partial charge is 0.573 e. The SMILES string of the molecule is COc1ccc(Nc2cc(-c3cccc(OC(F)(F)F)c3)nc(N[C@H](CO)C(C)C)n2)c(OC)c1. The summed E-state index contributed by atoms with van der Waals surface area (Å²) in [5.41, 5.74) is 1.30.